The third kappa shape index (κ3) is 9.47. The van der Waals surface area contributed by atoms with E-state index in [0.717, 1.165) is 50.0 Å². The second kappa shape index (κ2) is 14.7. The van der Waals surface area contributed by atoms with Crippen molar-refractivity contribution in [2.75, 3.05) is 33.2 Å². The van der Waals surface area contributed by atoms with Crippen molar-refractivity contribution in [1.82, 2.24) is 14.8 Å². The maximum absolute atomic E-state index is 12.8. The van der Waals surface area contributed by atoms with Gasteiger partial charge in [-0.3, -0.25) is 9.78 Å². The van der Waals surface area contributed by atoms with Gasteiger partial charge in [0, 0.05) is 56.3 Å². The summed E-state index contributed by atoms with van der Waals surface area (Å²) in [6.07, 6.45) is 14.7. The van der Waals surface area contributed by atoms with Gasteiger partial charge in [-0.05, 0) is 57.0 Å². The van der Waals surface area contributed by atoms with E-state index in [-0.39, 0.29) is 36.1 Å². The summed E-state index contributed by atoms with van der Waals surface area (Å²) in [5.41, 5.74) is 1.98. The van der Waals surface area contributed by atoms with E-state index in [9.17, 15) is 9.59 Å². The Morgan fingerprint density at radius 1 is 1.16 bits per heavy atom. The average molecular weight is 510 g/mol. The number of esters is 1. The lowest BCUT2D eigenvalue weighted by Gasteiger charge is -2.32. The number of carbonyl (C=O) groups excluding carboxylic acids is 2. The lowest BCUT2D eigenvalue weighted by atomic mass is 9.95. The topological polar surface area (TPSA) is 72.0 Å². The molecule has 1 fully saturated rings. The lowest BCUT2D eigenvalue weighted by Crippen LogP contribution is -2.47. The minimum absolute atomic E-state index is 0.0638. The zero-order valence-electron chi connectivity index (χ0n) is 22.8. The Morgan fingerprint density at radius 3 is 2.68 bits per heavy atom. The number of pyridine rings is 1. The molecule has 1 saturated heterocycles. The molecule has 1 aromatic rings. The van der Waals surface area contributed by atoms with Crippen molar-refractivity contribution >= 4 is 12.1 Å². The summed E-state index contributed by atoms with van der Waals surface area (Å²) < 4.78 is 11.8. The monoisotopic (exact) mass is 509 g/mol. The Labute approximate surface area is 222 Å². The second-order valence-corrected chi connectivity index (χ2v) is 10.3. The molecule has 0 radical (unpaired) electrons. The fourth-order valence-corrected chi connectivity index (χ4v) is 4.61. The first kappa shape index (κ1) is 28.6. The Hall–Kier alpha value is -2.93. The highest BCUT2D eigenvalue weighted by Gasteiger charge is 2.25. The summed E-state index contributed by atoms with van der Waals surface area (Å²) in [6, 6.07) is 5.91. The van der Waals surface area contributed by atoms with Gasteiger partial charge in [0.15, 0.2) is 0 Å². The smallest absolute Gasteiger partial charge is 0.410 e. The largest absolute Gasteiger partial charge is 0.457 e. The van der Waals surface area contributed by atoms with Gasteiger partial charge >= 0.3 is 12.1 Å². The van der Waals surface area contributed by atoms with E-state index in [2.05, 4.69) is 29.9 Å². The van der Waals surface area contributed by atoms with Crippen LogP contribution in [0.4, 0.5) is 4.79 Å². The quantitative estimate of drug-likeness (QED) is 0.296. The normalized spacial score (nSPS) is 26.6. The van der Waals surface area contributed by atoms with Crippen molar-refractivity contribution in [2.45, 2.75) is 71.0 Å². The maximum Gasteiger partial charge on any atom is 0.410 e. The highest BCUT2D eigenvalue weighted by molar-refractivity contribution is 5.70. The molecule has 37 heavy (non-hydrogen) atoms. The summed E-state index contributed by atoms with van der Waals surface area (Å²) in [6.45, 7) is 9.24. The van der Waals surface area contributed by atoms with Crippen LogP contribution in [0.5, 0.6) is 0 Å². The number of piperazine rings is 1. The van der Waals surface area contributed by atoms with Crippen LogP contribution in [-0.4, -0.2) is 72.3 Å². The molecule has 3 heterocycles. The Balaban J connectivity index is 1.69. The molecule has 7 nitrogen and oxygen atoms in total. The summed E-state index contributed by atoms with van der Waals surface area (Å²) in [5.74, 6) is -0.0503. The van der Waals surface area contributed by atoms with Crippen LogP contribution in [0, 0.1) is 5.92 Å². The van der Waals surface area contributed by atoms with Crippen molar-refractivity contribution in [1.29, 1.82) is 0 Å². The number of hydrogen-bond acceptors (Lipinski definition) is 6. The summed E-state index contributed by atoms with van der Waals surface area (Å²) in [5, 5.41) is 0. The molecule has 0 bridgehead atoms. The van der Waals surface area contributed by atoms with E-state index >= 15 is 0 Å². The first-order chi connectivity index (χ1) is 17.8. The number of cyclic esters (lactones) is 1. The standard InChI is InChI=1S/C30H43N3O4/c1-23(27-14-8-9-18-31-27)11-10-12-24(2)29-25(3)16-17-26(13-6-5-7-15-28(34)37-29)36-30(35)33-21-19-32(4)20-22-33/h8-12,14,16-18,23,25-26,29H,5-7,13,15,19-22H2,1-4H3/b11-10+,17-16+,24-12+/t23-,25-,26-,29+/m0/s1. The molecular weight excluding hydrogens is 466 g/mol. The van der Waals surface area contributed by atoms with Crippen molar-refractivity contribution in [3.8, 4) is 0 Å². The molecule has 1 amide bonds. The lowest BCUT2D eigenvalue weighted by molar-refractivity contribution is -0.148. The molecule has 0 aromatic carbocycles. The number of aromatic nitrogens is 1. The van der Waals surface area contributed by atoms with Crippen LogP contribution < -0.4 is 0 Å². The number of amides is 1. The molecule has 7 heteroatoms. The molecule has 2 aliphatic heterocycles. The zero-order valence-corrected chi connectivity index (χ0v) is 22.8. The van der Waals surface area contributed by atoms with E-state index in [1.165, 1.54) is 0 Å². The average Bonchev–Trinajstić information content (AvgIpc) is 2.89. The summed E-state index contributed by atoms with van der Waals surface area (Å²) in [4.78, 5) is 33.8. The molecule has 0 N–H and O–H groups in total. The fourth-order valence-electron chi connectivity index (χ4n) is 4.61. The van der Waals surface area contributed by atoms with Crippen molar-refractivity contribution in [3.05, 3.63) is 66.0 Å². The second-order valence-electron chi connectivity index (χ2n) is 10.3. The number of rotatable bonds is 5. The Bertz CT molecular complexity index is 951. The minimum Gasteiger partial charge on any atom is -0.457 e. The number of allylic oxidation sites excluding steroid dienone is 3. The van der Waals surface area contributed by atoms with Gasteiger partial charge in [0.25, 0.3) is 0 Å². The van der Waals surface area contributed by atoms with Crippen molar-refractivity contribution in [2.24, 2.45) is 5.92 Å². The number of carbonyl (C=O) groups is 2. The van der Waals surface area contributed by atoms with Gasteiger partial charge in [-0.25, -0.2) is 4.79 Å². The van der Waals surface area contributed by atoms with E-state index in [1.54, 1.807) is 11.1 Å². The zero-order chi connectivity index (χ0) is 26.6. The molecule has 1 aromatic heterocycles. The third-order valence-corrected chi connectivity index (χ3v) is 7.11. The molecule has 0 spiro atoms. The molecular formula is C30H43N3O4. The van der Waals surface area contributed by atoms with Crippen molar-refractivity contribution in [3.63, 3.8) is 0 Å². The molecule has 2 aliphatic rings. The highest BCUT2D eigenvalue weighted by atomic mass is 16.6. The first-order valence-electron chi connectivity index (χ1n) is 13.6. The van der Waals surface area contributed by atoms with Gasteiger partial charge < -0.3 is 19.3 Å². The van der Waals surface area contributed by atoms with Gasteiger partial charge in [0.2, 0.25) is 0 Å². The molecule has 202 valence electrons. The van der Waals surface area contributed by atoms with Gasteiger partial charge in [-0.15, -0.1) is 0 Å². The van der Waals surface area contributed by atoms with Crippen LogP contribution in [0.25, 0.3) is 0 Å². The Kier molecular flexibility index (Phi) is 11.4. The van der Waals surface area contributed by atoms with Gasteiger partial charge in [-0.2, -0.15) is 0 Å². The van der Waals surface area contributed by atoms with E-state index in [4.69, 9.17) is 9.47 Å². The highest BCUT2D eigenvalue weighted by Crippen LogP contribution is 2.23. The van der Waals surface area contributed by atoms with Gasteiger partial charge in [0.1, 0.15) is 12.2 Å². The van der Waals surface area contributed by atoms with Crippen LogP contribution in [0.15, 0.2) is 60.3 Å². The molecule has 0 aliphatic carbocycles. The maximum atomic E-state index is 12.8. The minimum atomic E-state index is -0.382. The van der Waals surface area contributed by atoms with E-state index in [0.29, 0.717) is 19.5 Å². The predicted molar refractivity (Wildman–Crippen MR) is 146 cm³/mol. The van der Waals surface area contributed by atoms with E-state index in [1.807, 2.05) is 56.4 Å². The van der Waals surface area contributed by atoms with Crippen LogP contribution in [0.1, 0.15) is 64.5 Å². The van der Waals surface area contributed by atoms with Crippen molar-refractivity contribution < 1.29 is 19.1 Å². The van der Waals surface area contributed by atoms with Crippen LogP contribution >= 0.6 is 0 Å². The Morgan fingerprint density at radius 2 is 1.95 bits per heavy atom. The van der Waals surface area contributed by atoms with Gasteiger partial charge in [-0.1, -0.05) is 50.6 Å². The molecule has 0 unspecified atom stereocenters. The molecule has 3 rings (SSSR count). The number of likely N-dealkylation sites (N-methyl/N-ethyl adjacent to an activating group) is 1. The summed E-state index contributed by atoms with van der Waals surface area (Å²) in [7, 11) is 2.07. The first-order valence-corrected chi connectivity index (χ1v) is 13.6. The summed E-state index contributed by atoms with van der Waals surface area (Å²) >= 11 is 0. The van der Waals surface area contributed by atoms with Crippen LogP contribution in [-0.2, 0) is 14.3 Å². The molecule has 4 atom stereocenters. The third-order valence-electron chi connectivity index (χ3n) is 7.11. The predicted octanol–water partition coefficient (Wildman–Crippen LogP) is 5.51. The fraction of sp³-hybridized carbons (Fsp3) is 0.567. The number of ether oxygens (including phenoxy) is 2. The number of nitrogens with zero attached hydrogens (tertiary/aromatic N) is 3. The SMILES string of the molecule is C/C(=C\C=C\[C@H](C)c1ccccn1)[C@H]1OC(=O)CCCCC[C@H](OC(=O)N2CCN(C)CC2)/C=C/[C@@H]1C. The van der Waals surface area contributed by atoms with Gasteiger partial charge in [0.05, 0.1) is 0 Å². The number of hydrogen-bond donors (Lipinski definition) is 0. The van der Waals surface area contributed by atoms with Crippen LogP contribution in [0.3, 0.4) is 0 Å². The van der Waals surface area contributed by atoms with Crippen LogP contribution in [0.2, 0.25) is 0 Å². The van der Waals surface area contributed by atoms with E-state index < -0.39 is 0 Å². The molecule has 0 saturated carbocycles.